The molecule has 0 unspecified atom stereocenters. The lowest BCUT2D eigenvalue weighted by Gasteiger charge is -2.37. The van der Waals surface area contributed by atoms with E-state index in [9.17, 15) is 14.3 Å². The molecule has 0 atom stereocenters. The standard InChI is InChI=1S/C15H20FNO3/c1-14(2,20-12-6-4-11(16)5-7-12)13(18)17-10-15(19)8-3-9-15/h4-7,19H,3,8-10H2,1-2H3,(H,17,18). The lowest BCUT2D eigenvalue weighted by Crippen LogP contribution is -2.53. The monoisotopic (exact) mass is 281 g/mol. The highest BCUT2D eigenvalue weighted by atomic mass is 19.1. The van der Waals surface area contributed by atoms with Gasteiger partial charge >= 0.3 is 0 Å². The van der Waals surface area contributed by atoms with Gasteiger partial charge in [-0.2, -0.15) is 0 Å². The summed E-state index contributed by atoms with van der Waals surface area (Å²) in [5.41, 5.74) is -1.85. The largest absolute Gasteiger partial charge is 0.478 e. The van der Waals surface area contributed by atoms with E-state index >= 15 is 0 Å². The molecule has 110 valence electrons. The van der Waals surface area contributed by atoms with Gasteiger partial charge in [-0.25, -0.2) is 4.39 Å². The maximum atomic E-state index is 12.8. The number of hydrogen-bond donors (Lipinski definition) is 2. The Morgan fingerprint density at radius 2 is 2.00 bits per heavy atom. The molecule has 0 aliphatic heterocycles. The van der Waals surface area contributed by atoms with E-state index in [1.807, 2.05) is 0 Å². The van der Waals surface area contributed by atoms with Crippen molar-refractivity contribution in [3.63, 3.8) is 0 Å². The Morgan fingerprint density at radius 3 is 2.50 bits per heavy atom. The Bertz CT molecular complexity index is 480. The topological polar surface area (TPSA) is 58.6 Å². The van der Waals surface area contributed by atoms with Crippen molar-refractivity contribution < 1.29 is 19.0 Å². The maximum Gasteiger partial charge on any atom is 0.263 e. The second-order valence-electron chi connectivity index (χ2n) is 5.83. The molecule has 1 aliphatic carbocycles. The van der Waals surface area contributed by atoms with Gasteiger partial charge in [-0.1, -0.05) is 0 Å². The van der Waals surface area contributed by atoms with Gasteiger partial charge in [0.1, 0.15) is 11.6 Å². The van der Waals surface area contributed by atoms with Crippen LogP contribution in [0.5, 0.6) is 5.75 Å². The number of rotatable bonds is 5. The van der Waals surface area contributed by atoms with Gasteiger partial charge in [0.05, 0.1) is 5.60 Å². The number of carbonyl (C=O) groups excluding carboxylic acids is 1. The van der Waals surface area contributed by atoms with E-state index in [0.29, 0.717) is 18.6 Å². The first kappa shape index (κ1) is 14.8. The Morgan fingerprint density at radius 1 is 1.40 bits per heavy atom. The number of hydrogen-bond acceptors (Lipinski definition) is 3. The van der Waals surface area contributed by atoms with Crippen LogP contribution >= 0.6 is 0 Å². The molecule has 5 heteroatoms. The van der Waals surface area contributed by atoms with Gasteiger partial charge in [0.25, 0.3) is 5.91 Å². The second-order valence-corrected chi connectivity index (χ2v) is 5.83. The number of amides is 1. The summed E-state index contributed by atoms with van der Waals surface area (Å²) in [7, 11) is 0. The van der Waals surface area contributed by atoms with Crippen LogP contribution in [-0.4, -0.2) is 28.8 Å². The summed E-state index contributed by atoms with van der Waals surface area (Å²) in [6, 6.07) is 5.51. The van der Waals surface area contributed by atoms with Gasteiger partial charge in [-0.3, -0.25) is 4.79 Å². The first-order valence-electron chi connectivity index (χ1n) is 6.76. The highest BCUT2D eigenvalue weighted by molar-refractivity contribution is 5.84. The summed E-state index contributed by atoms with van der Waals surface area (Å²) in [5, 5.41) is 12.7. The summed E-state index contributed by atoms with van der Waals surface area (Å²) >= 11 is 0. The lowest BCUT2D eigenvalue weighted by atomic mass is 9.80. The molecule has 2 rings (SSSR count). The number of benzene rings is 1. The van der Waals surface area contributed by atoms with Crippen LogP contribution in [0.15, 0.2) is 24.3 Å². The molecule has 1 aromatic carbocycles. The first-order chi connectivity index (χ1) is 9.31. The van der Waals surface area contributed by atoms with E-state index in [2.05, 4.69) is 5.32 Å². The normalized spacial score (nSPS) is 17.2. The average Bonchev–Trinajstić information content (AvgIpc) is 2.36. The summed E-state index contributed by atoms with van der Waals surface area (Å²) < 4.78 is 18.4. The van der Waals surface area contributed by atoms with Gasteiger partial charge in [0.15, 0.2) is 5.60 Å². The molecule has 0 radical (unpaired) electrons. The minimum absolute atomic E-state index is 0.238. The fourth-order valence-electron chi connectivity index (χ4n) is 2.06. The van der Waals surface area contributed by atoms with Gasteiger partial charge in [-0.05, 0) is 57.4 Å². The van der Waals surface area contributed by atoms with Crippen LogP contribution < -0.4 is 10.1 Å². The summed E-state index contributed by atoms with van der Waals surface area (Å²) in [5.74, 6) is -0.233. The third kappa shape index (κ3) is 3.48. The summed E-state index contributed by atoms with van der Waals surface area (Å²) in [6.07, 6.45) is 2.42. The molecule has 20 heavy (non-hydrogen) atoms. The van der Waals surface area contributed by atoms with Crippen molar-refractivity contribution >= 4 is 5.91 Å². The second kappa shape index (κ2) is 5.40. The quantitative estimate of drug-likeness (QED) is 0.868. The molecule has 0 saturated heterocycles. The third-order valence-electron chi connectivity index (χ3n) is 3.60. The van der Waals surface area contributed by atoms with Crippen LogP contribution in [0.3, 0.4) is 0 Å². The van der Waals surface area contributed by atoms with Gasteiger partial charge in [0.2, 0.25) is 0 Å². The van der Waals surface area contributed by atoms with Crippen LogP contribution in [0, 0.1) is 5.82 Å². The Labute approximate surface area is 117 Å². The zero-order chi connectivity index (χ0) is 14.8. The Balaban J connectivity index is 1.91. The molecule has 0 aromatic heterocycles. The minimum Gasteiger partial charge on any atom is -0.478 e. The van der Waals surface area contributed by atoms with Gasteiger partial charge < -0.3 is 15.2 Å². The molecule has 0 heterocycles. The van der Waals surface area contributed by atoms with Crippen LogP contribution in [-0.2, 0) is 4.79 Å². The lowest BCUT2D eigenvalue weighted by molar-refractivity contribution is -0.136. The highest BCUT2D eigenvalue weighted by Gasteiger charge is 2.37. The van der Waals surface area contributed by atoms with Crippen molar-refractivity contribution in [1.29, 1.82) is 0 Å². The van der Waals surface area contributed by atoms with Crippen molar-refractivity contribution in [2.75, 3.05) is 6.54 Å². The third-order valence-corrected chi connectivity index (χ3v) is 3.60. The minimum atomic E-state index is -1.09. The molecule has 1 saturated carbocycles. The predicted octanol–water partition coefficient (Wildman–Crippen LogP) is 2.01. The smallest absolute Gasteiger partial charge is 0.263 e. The zero-order valence-electron chi connectivity index (χ0n) is 11.8. The number of ether oxygens (including phenoxy) is 1. The van der Waals surface area contributed by atoms with E-state index in [1.165, 1.54) is 24.3 Å². The fraction of sp³-hybridized carbons (Fsp3) is 0.533. The maximum absolute atomic E-state index is 12.8. The molecule has 2 N–H and O–H groups in total. The van der Waals surface area contributed by atoms with Crippen molar-refractivity contribution in [3.05, 3.63) is 30.1 Å². The molecule has 1 aromatic rings. The summed E-state index contributed by atoms with van der Waals surface area (Å²) in [4.78, 5) is 12.1. The number of aliphatic hydroxyl groups is 1. The summed E-state index contributed by atoms with van der Waals surface area (Å²) in [6.45, 7) is 3.51. The molecular weight excluding hydrogens is 261 g/mol. The molecule has 0 spiro atoms. The highest BCUT2D eigenvalue weighted by Crippen LogP contribution is 2.30. The van der Waals surface area contributed by atoms with Crippen molar-refractivity contribution in [2.45, 2.75) is 44.3 Å². The van der Waals surface area contributed by atoms with Crippen molar-refractivity contribution in [1.82, 2.24) is 5.32 Å². The van der Waals surface area contributed by atoms with E-state index in [-0.39, 0.29) is 18.3 Å². The van der Waals surface area contributed by atoms with Gasteiger partial charge in [-0.15, -0.1) is 0 Å². The van der Waals surface area contributed by atoms with E-state index in [0.717, 1.165) is 6.42 Å². The number of carbonyl (C=O) groups is 1. The molecule has 0 bridgehead atoms. The SMILES string of the molecule is CC(C)(Oc1ccc(F)cc1)C(=O)NCC1(O)CCC1. The van der Waals surface area contributed by atoms with Crippen molar-refractivity contribution in [3.8, 4) is 5.75 Å². The fourth-order valence-corrected chi connectivity index (χ4v) is 2.06. The molecular formula is C15H20FNO3. The molecule has 1 amide bonds. The zero-order valence-corrected chi connectivity index (χ0v) is 11.8. The Hall–Kier alpha value is -1.62. The predicted molar refractivity (Wildman–Crippen MR) is 72.9 cm³/mol. The first-order valence-corrected chi connectivity index (χ1v) is 6.76. The van der Waals surface area contributed by atoms with Crippen LogP contribution in [0.25, 0.3) is 0 Å². The van der Waals surface area contributed by atoms with Crippen LogP contribution in [0.2, 0.25) is 0 Å². The molecule has 1 aliphatic rings. The van der Waals surface area contributed by atoms with E-state index < -0.39 is 11.2 Å². The Kier molecular flexibility index (Phi) is 3.99. The van der Waals surface area contributed by atoms with E-state index in [1.54, 1.807) is 13.8 Å². The van der Waals surface area contributed by atoms with Gasteiger partial charge in [0, 0.05) is 6.54 Å². The average molecular weight is 281 g/mol. The molecule has 4 nitrogen and oxygen atoms in total. The number of nitrogens with one attached hydrogen (secondary N) is 1. The number of halogens is 1. The van der Waals surface area contributed by atoms with Crippen LogP contribution in [0.4, 0.5) is 4.39 Å². The van der Waals surface area contributed by atoms with E-state index in [4.69, 9.17) is 4.74 Å². The van der Waals surface area contributed by atoms with Crippen LogP contribution in [0.1, 0.15) is 33.1 Å². The van der Waals surface area contributed by atoms with Crippen molar-refractivity contribution in [2.24, 2.45) is 0 Å². The molecule has 1 fully saturated rings.